The summed E-state index contributed by atoms with van der Waals surface area (Å²) in [6.45, 7) is 11.1. The number of benzene rings is 2. The topological polar surface area (TPSA) is 110 Å². The van der Waals surface area contributed by atoms with Gasteiger partial charge in [0.25, 0.3) is 0 Å². The first-order valence-corrected chi connectivity index (χ1v) is 18.0. The lowest BCUT2D eigenvalue weighted by Crippen LogP contribution is -2.49. The van der Waals surface area contributed by atoms with Gasteiger partial charge in [0.15, 0.2) is 17.4 Å². The summed E-state index contributed by atoms with van der Waals surface area (Å²) in [5, 5.41) is 14.9. The summed E-state index contributed by atoms with van der Waals surface area (Å²) < 4.78 is 49.4. The SMILES string of the molecule is CC1(CNC(=O)Nc2cc(F)c(Oc3ccnc4c3c(-c3ccc(C#N)cc3)cn4COCC[Si](C)(C)C)c(F)c2)COC1. The first kappa shape index (κ1) is 31.1. The van der Waals surface area contributed by atoms with Crippen LogP contribution in [0.15, 0.2) is 54.9 Å². The highest BCUT2D eigenvalue weighted by molar-refractivity contribution is 6.76. The number of halogens is 2. The minimum Gasteiger partial charge on any atom is -0.450 e. The highest BCUT2D eigenvalue weighted by Gasteiger charge is 2.33. The predicted octanol–water partition coefficient (Wildman–Crippen LogP) is 7.12. The van der Waals surface area contributed by atoms with Crippen LogP contribution in [-0.4, -0.2) is 50.0 Å². The second kappa shape index (κ2) is 12.7. The molecule has 0 aliphatic carbocycles. The van der Waals surface area contributed by atoms with Crippen molar-refractivity contribution >= 4 is 30.8 Å². The lowest BCUT2D eigenvalue weighted by Gasteiger charge is -2.37. The zero-order chi connectivity index (χ0) is 31.5. The zero-order valence-electron chi connectivity index (χ0n) is 25.2. The fraction of sp³-hybridized carbons (Fsp3) is 0.344. The van der Waals surface area contributed by atoms with Crippen LogP contribution in [0.5, 0.6) is 11.5 Å². The molecule has 2 amide bonds. The Kier molecular flexibility index (Phi) is 9.01. The molecule has 0 unspecified atom stereocenters. The number of carbonyl (C=O) groups excluding carboxylic acids is 1. The van der Waals surface area contributed by atoms with Crippen molar-refractivity contribution in [3.63, 3.8) is 0 Å². The van der Waals surface area contributed by atoms with Crippen molar-refractivity contribution in [3.05, 3.63) is 72.1 Å². The Morgan fingerprint density at radius 1 is 1.16 bits per heavy atom. The largest absolute Gasteiger partial charge is 0.450 e. The van der Waals surface area contributed by atoms with E-state index in [2.05, 4.69) is 41.3 Å². The summed E-state index contributed by atoms with van der Waals surface area (Å²) in [6, 6.07) is 13.1. The molecule has 1 aliphatic rings. The van der Waals surface area contributed by atoms with Gasteiger partial charge in [-0.05, 0) is 29.8 Å². The number of fused-ring (bicyclic) bond motifs is 1. The van der Waals surface area contributed by atoms with E-state index < -0.39 is 31.5 Å². The van der Waals surface area contributed by atoms with Gasteiger partial charge in [-0.2, -0.15) is 5.26 Å². The molecule has 0 radical (unpaired) electrons. The van der Waals surface area contributed by atoms with Gasteiger partial charge in [0, 0.05) is 62.4 Å². The van der Waals surface area contributed by atoms with Crippen LogP contribution < -0.4 is 15.4 Å². The van der Waals surface area contributed by atoms with Gasteiger partial charge in [0.05, 0.1) is 30.2 Å². The Bertz CT molecular complexity index is 1690. The van der Waals surface area contributed by atoms with Gasteiger partial charge in [-0.1, -0.05) is 38.7 Å². The molecular weight excluding hydrogens is 584 g/mol. The maximum absolute atomic E-state index is 15.3. The number of hydrogen-bond acceptors (Lipinski definition) is 6. The third-order valence-electron chi connectivity index (χ3n) is 7.32. The fourth-order valence-corrected chi connectivity index (χ4v) is 5.47. The van der Waals surface area contributed by atoms with Crippen LogP contribution in [0, 0.1) is 28.4 Å². The maximum atomic E-state index is 15.3. The highest BCUT2D eigenvalue weighted by Crippen LogP contribution is 2.40. The van der Waals surface area contributed by atoms with Gasteiger partial charge in [0.1, 0.15) is 18.1 Å². The Hall–Kier alpha value is -4.31. The molecule has 230 valence electrons. The third-order valence-corrected chi connectivity index (χ3v) is 9.02. The first-order valence-electron chi connectivity index (χ1n) is 14.3. The standard InChI is InChI=1S/C32H35F2N5O4Si/c1-32(18-42-19-32)17-37-31(40)38-23-13-25(33)29(26(34)14-23)43-27-9-10-36-30-28(27)24(22-7-5-21(15-35)6-8-22)16-39(30)20-41-11-12-44(2,3)4/h5-10,13-14,16H,11-12,17-20H2,1-4H3,(H2,37,38,40). The number of ether oxygens (including phenoxy) is 3. The van der Waals surface area contributed by atoms with Gasteiger partial charge in [-0.25, -0.2) is 18.6 Å². The normalized spacial score (nSPS) is 14.1. The van der Waals surface area contributed by atoms with Crippen LogP contribution in [0.2, 0.25) is 25.7 Å². The summed E-state index contributed by atoms with van der Waals surface area (Å²) in [6.07, 6.45) is 3.36. The maximum Gasteiger partial charge on any atom is 0.319 e. The molecule has 12 heteroatoms. The Morgan fingerprint density at radius 3 is 2.48 bits per heavy atom. The molecule has 0 bridgehead atoms. The molecule has 1 saturated heterocycles. The number of aromatic nitrogens is 2. The Morgan fingerprint density at radius 2 is 1.86 bits per heavy atom. The number of rotatable bonds is 11. The average Bonchev–Trinajstić information content (AvgIpc) is 3.34. The number of carbonyl (C=O) groups is 1. The number of nitrogens with one attached hydrogen (secondary N) is 2. The molecule has 2 aromatic heterocycles. The van der Waals surface area contributed by atoms with E-state index in [1.54, 1.807) is 24.3 Å². The van der Waals surface area contributed by atoms with E-state index in [4.69, 9.17) is 14.2 Å². The van der Waals surface area contributed by atoms with Crippen molar-refractivity contribution in [2.24, 2.45) is 5.41 Å². The van der Waals surface area contributed by atoms with E-state index in [-0.39, 0.29) is 23.6 Å². The van der Waals surface area contributed by atoms with Gasteiger partial charge in [-0.15, -0.1) is 0 Å². The molecule has 2 aromatic carbocycles. The third kappa shape index (κ3) is 7.24. The lowest BCUT2D eigenvalue weighted by molar-refractivity contribution is -0.0974. The van der Waals surface area contributed by atoms with Crippen molar-refractivity contribution in [2.45, 2.75) is 39.3 Å². The van der Waals surface area contributed by atoms with Crippen LogP contribution >= 0.6 is 0 Å². The number of nitrogens with zero attached hydrogens (tertiary/aromatic N) is 3. The number of hydrogen-bond donors (Lipinski definition) is 2. The van der Waals surface area contributed by atoms with Crippen LogP contribution in [-0.2, 0) is 16.2 Å². The van der Waals surface area contributed by atoms with Gasteiger partial charge < -0.3 is 29.4 Å². The summed E-state index contributed by atoms with van der Waals surface area (Å²) in [5.41, 5.74) is 2.26. The van der Waals surface area contributed by atoms with Crippen molar-refractivity contribution in [1.82, 2.24) is 14.9 Å². The average molecular weight is 620 g/mol. The second-order valence-corrected chi connectivity index (χ2v) is 18.2. The van der Waals surface area contributed by atoms with E-state index >= 15 is 8.78 Å². The number of amides is 2. The number of pyridine rings is 1. The number of urea groups is 1. The number of nitriles is 1. The molecule has 2 N–H and O–H groups in total. The number of anilines is 1. The molecule has 1 fully saturated rings. The molecule has 0 saturated carbocycles. The monoisotopic (exact) mass is 619 g/mol. The molecule has 0 atom stereocenters. The summed E-state index contributed by atoms with van der Waals surface area (Å²) >= 11 is 0. The fourth-order valence-electron chi connectivity index (χ4n) is 4.72. The Labute approximate surface area is 255 Å². The molecular formula is C32H35F2N5O4Si. The smallest absolute Gasteiger partial charge is 0.319 e. The molecule has 5 rings (SSSR count). The minimum absolute atomic E-state index is 0.0559. The molecule has 1 aliphatic heterocycles. The van der Waals surface area contributed by atoms with Crippen molar-refractivity contribution < 1.29 is 27.8 Å². The predicted molar refractivity (Wildman–Crippen MR) is 166 cm³/mol. The summed E-state index contributed by atoms with van der Waals surface area (Å²) in [7, 11) is -1.29. The summed E-state index contributed by atoms with van der Waals surface area (Å²) in [5.74, 6) is -2.41. The van der Waals surface area contributed by atoms with Crippen molar-refractivity contribution in [1.29, 1.82) is 5.26 Å². The molecule has 4 aromatic rings. The van der Waals surface area contributed by atoms with E-state index in [9.17, 15) is 10.1 Å². The van der Waals surface area contributed by atoms with E-state index in [1.165, 1.54) is 12.3 Å². The summed E-state index contributed by atoms with van der Waals surface area (Å²) in [4.78, 5) is 16.9. The highest BCUT2D eigenvalue weighted by atomic mass is 28.3. The minimum atomic E-state index is -1.29. The molecule has 44 heavy (non-hydrogen) atoms. The van der Waals surface area contributed by atoms with Gasteiger partial charge in [-0.3, -0.25) is 0 Å². The van der Waals surface area contributed by atoms with E-state index in [1.807, 2.05) is 17.7 Å². The molecule has 0 spiro atoms. The van der Waals surface area contributed by atoms with E-state index in [0.717, 1.165) is 23.7 Å². The van der Waals surface area contributed by atoms with Crippen LogP contribution in [0.4, 0.5) is 19.3 Å². The van der Waals surface area contributed by atoms with Crippen LogP contribution in [0.25, 0.3) is 22.2 Å². The van der Waals surface area contributed by atoms with Gasteiger partial charge in [0.2, 0.25) is 0 Å². The van der Waals surface area contributed by atoms with Crippen LogP contribution in [0.1, 0.15) is 12.5 Å². The Balaban J connectivity index is 1.43. The lowest BCUT2D eigenvalue weighted by atomic mass is 9.89. The molecule has 3 heterocycles. The zero-order valence-corrected chi connectivity index (χ0v) is 26.2. The van der Waals surface area contributed by atoms with Crippen LogP contribution in [0.3, 0.4) is 0 Å². The first-order chi connectivity index (χ1) is 20.9. The quantitative estimate of drug-likeness (QED) is 0.137. The molecule has 9 nitrogen and oxygen atoms in total. The van der Waals surface area contributed by atoms with Crippen molar-refractivity contribution in [2.75, 3.05) is 31.7 Å². The van der Waals surface area contributed by atoms with Crippen molar-refractivity contribution in [3.8, 4) is 28.7 Å². The second-order valence-electron chi connectivity index (χ2n) is 12.5. The van der Waals surface area contributed by atoms with Gasteiger partial charge >= 0.3 is 6.03 Å². The van der Waals surface area contributed by atoms with E-state index in [0.29, 0.717) is 48.5 Å².